The minimum absolute atomic E-state index is 0.729. The third-order valence-corrected chi connectivity index (χ3v) is 5.20. The number of piperidine rings is 1. The number of halogens is 1. The normalized spacial score (nSPS) is 22.5. The van der Waals surface area contributed by atoms with E-state index in [9.17, 15) is 0 Å². The van der Waals surface area contributed by atoms with Gasteiger partial charge in [0.1, 0.15) is 0 Å². The van der Waals surface area contributed by atoms with Crippen molar-refractivity contribution in [1.29, 1.82) is 0 Å². The number of hydrogen-bond acceptors (Lipinski definition) is 3. The van der Waals surface area contributed by atoms with Crippen LogP contribution in [0.5, 0.6) is 0 Å². The molecule has 2 heterocycles. The van der Waals surface area contributed by atoms with Gasteiger partial charge in [-0.2, -0.15) is 0 Å². The molecule has 0 aromatic carbocycles. The van der Waals surface area contributed by atoms with Crippen LogP contribution in [0.25, 0.3) is 0 Å². The summed E-state index contributed by atoms with van der Waals surface area (Å²) in [7, 11) is 2.24. The maximum absolute atomic E-state index is 3.57. The highest BCUT2D eigenvalue weighted by molar-refractivity contribution is 9.10. The molecule has 1 aliphatic heterocycles. The average Bonchev–Trinajstić information content (AvgIpc) is 2.67. The molecule has 0 spiro atoms. The fourth-order valence-electron chi connectivity index (χ4n) is 2.21. The van der Waals surface area contributed by atoms with Gasteiger partial charge in [-0.15, -0.1) is 11.3 Å². The molecule has 0 bridgehead atoms. The Morgan fingerprint density at radius 1 is 1.56 bits per heavy atom. The summed E-state index contributed by atoms with van der Waals surface area (Å²) in [5, 5.41) is 5.70. The zero-order valence-electron chi connectivity index (χ0n) is 9.71. The van der Waals surface area contributed by atoms with Gasteiger partial charge in [0.05, 0.1) is 0 Å². The molecule has 0 radical (unpaired) electrons. The van der Waals surface area contributed by atoms with Crippen molar-refractivity contribution in [2.24, 2.45) is 0 Å². The topological polar surface area (TPSA) is 15.3 Å². The summed E-state index contributed by atoms with van der Waals surface area (Å²) in [6.45, 7) is 3.36. The van der Waals surface area contributed by atoms with E-state index in [0.717, 1.165) is 19.1 Å². The molecule has 90 valence electrons. The third-order valence-electron chi connectivity index (χ3n) is 3.28. The second kappa shape index (κ2) is 6.15. The van der Waals surface area contributed by atoms with Crippen molar-refractivity contribution in [2.75, 3.05) is 20.1 Å². The first-order valence-corrected chi connectivity index (χ1v) is 7.57. The highest BCUT2D eigenvalue weighted by Gasteiger charge is 2.18. The highest BCUT2D eigenvalue weighted by Crippen LogP contribution is 2.22. The molecule has 2 nitrogen and oxygen atoms in total. The summed E-state index contributed by atoms with van der Waals surface area (Å²) in [5.74, 6) is 0. The van der Waals surface area contributed by atoms with E-state index < -0.39 is 0 Å². The lowest BCUT2D eigenvalue weighted by Crippen LogP contribution is -2.42. The number of hydrogen-bond donors (Lipinski definition) is 1. The molecule has 1 aliphatic rings. The number of likely N-dealkylation sites (tertiary alicyclic amines) is 1. The van der Waals surface area contributed by atoms with Gasteiger partial charge in [-0.05, 0) is 53.8 Å². The van der Waals surface area contributed by atoms with Crippen LogP contribution in [-0.2, 0) is 6.54 Å². The Morgan fingerprint density at radius 2 is 2.44 bits per heavy atom. The van der Waals surface area contributed by atoms with Gasteiger partial charge < -0.3 is 10.2 Å². The monoisotopic (exact) mass is 302 g/mol. The molecule has 1 atom stereocenters. The Labute approximate surface area is 110 Å². The second-order valence-electron chi connectivity index (χ2n) is 4.45. The molecule has 1 saturated heterocycles. The molecule has 16 heavy (non-hydrogen) atoms. The van der Waals surface area contributed by atoms with E-state index in [1.165, 1.54) is 35.2 Å². The fraction of sp³-hybridized carbons (Fsp3) is 0.667. The van der Waals surface area contributed by atoms with Crippen LogP contribution in [0, 0.1) is 0 Å². The van der Waals surface area contributed by atoms with Gasteiger partial charge in [-0.3, -0.25) is 0 Å². The zero-order valence-corrected chi connectivity index (χ0v) is 12.1. The molecule has 2 rings (SSSR count). The van der Waals surface area contributed by atoms with Gasteiger partial charge in [0.15, 0.2) is 0 Å². The van der Waals surface area contributed by atoms with Crippen LogP contribution in [0.1, 0.15) is 24.1 Å². The Kier molecular flexibility index (Phi) is 4.82. The number of nitrogens with zero attached hydrogens (tertiary/aromatic N) is 1. The van der Waals surface area contributed by atoms with Crippen molar-refractivity contribution in [2.45, 2.75) is 31.8 Å². The molecule has 1 aromatic heterocycles. The lowest BCUT2D eigenvalue weighted by atomic mass is 10.0. The van der Waals surface area contributed by atoms with Gasteiger partial charge in [-0.25, -0.2) is 0 Å². The molecular formula is C12H19BrN2S. The van der Waals surface area contributed by atoms with Crippen LogP contribution in [0.3, 0.4) is 0 Å². The van der Waals surface area contributed by atoms with E-state index in [-0.39, 0.29) is 0 Å². The fourth-order valence-corrected chi connectivity index (χ4v) is 3.67. The van der Waals surface area contributed by atoms with E-state index in [4.69, 9.17) is 0 Å². The van der Waals surface area contributed by atoms with Crippen LogP contribution in [0.2, 0.25) is 0 Å². The second-order valence-corrected chi connectivity index (χ2v) is 6.31. The standard InChI is InChI=1S/C12H19BrN2S/c1-15-6-3-2-4-10(15)8-14-9-12-11(13)5-7-16-12/h5,7,10,14H,2-4,6,8-9H2,1H3. The zero-order chi connectivity index (χ0) is 11.4. The molecule has 0 saturated carbocycles. The van der Waals surface area contributed by atoms with E-state index in [1.807, 2.05) is 11.3 Å². The van der Waals surface area contributed by atoms with Crippen LogP contribution < -0.4 is 5.32 Å². The van der Waals surface area contributed by atoms with E-state index in [1.54, 1.807) is 0 Å². The average molecular weight is 303 g/mol. The first kappa shape index (κ1) is 12.6. The molecule has 1 N–H and O–H groups in total. The Bertz CT molecular complexity index is 327. The van der Waals surface area contributed by atoms with Crippen LogP contribution in [0.15, 0.2) is 15.9 Å². The summed E-state index contributed by atoms with van der Waals surface area (Å²) in [6, 6.07) is 2.85. The smallest absolute Gasteiger partial charge is 0.0327 e. The van der Waals surface area contributed by atoms with Crippen LogP contribution in [-0.4, -0.2) is 31.1 Å². The van der Waals surface area contributed by atoms with Crippen molar-refractivity contribution in [1.82, 2.24) is 10.2 Å². The maximum Gasteiger partial charge on any atom is 0.0327 e. The van der Waals surface area contributed by atoms with E-state index in [2.05, 4.69) is 44.6 Å². The van der Waals surface area contributed by atoms with Gasteiger partial charge in [-0.1, -0.05) is 6.42 Å². The molecule has 0 amide bonds. The summed E-state index contributed by atoms with van der Waals surface area (Å²) in [4.78, 5) is 3.89. The number of nitrogens with one attached hydrogen (secondary N) is 1. The van der Waals surface area contributed by atoms with E-state index in [0.29, 0.717) is 0 Å². The number of likely N-dealkylation sites (N-methyl/N-ethyl adjacent to an activating group) is 1. The lowest BCUT2D eigenvalue weighted by Gasteiger charge is -2.32. The predicted octanol–water partition coefficient (Wildman–Crippen LogP) is 3.08. The van der Waals surface area contributed by atoms with Crippen molar-refractivity contribution < 1.29 is 0 Å². The summed E-state index contributed by atoms with van der Waals surface area (Å²) in [6.07, 6.45) is 4.10. The van der Waals surface area contributed by atoms with Gasteiger partial charge in [0, 0.05) is 28.5 Å². The predicted molar refractivity (Wildman–Crippen MR) is 74.0 cm³/mol. The van der Waals surface area contributed by atoms with Crippen LogP contribution in [0.4, 0.5) is 0 Å². The van der Waals surface area contributed by atoms with Gasteiger partial charge in [0.25, 0.3) is 0 Å². The van der Waals surface area contributed by atoms with Gasteiger partial charge >= 0.3 is 0 Å². The molecular weight excluding hydrogens is 284 g/mol. The Morgan fingerprint density at radius 3 is 3.12 bits per heavy atom. The lowest BCUT2D eigenvalue weighted by molar-refractivity contribution is 0.181. The summed E-state index contributed by atoms with van der Waals surface area (Å²) >= 11 is 5.38. The maximum atomic E-state index is 3.57. The van der Waals surface area contributed by atoms with Crippen LogP contribution >= 0.6 is 27.3 Å². The third kappa shape index (κ3) is 3.29. The minimum atomic E-state index is 0.729. The van der Waals surface area contributed by atoms with Gasteiger partial charge in [0.2, 0.25) is 0 Å². The quantitative estimate of drug-likeness (QED) is 0.919. The minimum Gasteiger partial charge on any atom is -0.310 e. The van der Waals surface area contributed by atoms with E-state index >= 15 is 0 Å². The SMILES string of the molecule is CN1CCCCC1CNCc1sccc1Br. The van der Waals surface area contributed by atoms with Crippen molar-refractivity contribution in [3.05, 3.63) is 20.8 Å². The number of rotatable bonds is 4. The first-order chi connectivity index (χ1) is 7.77. The number of thiophene rings is 1. The first-order valence-electron chi connectivity index (χ1n) is 5.90. The highest BCUT2D eigenvalue weighted by atomic mass is 79.9. The molecule has 1 fully saturated rings. The van der Waals surface area contributed by atoms with Crippen molar-refractivity contribution in [3.63, 3.8) is 0 Å². The molecule has 1 aromatic rings. The molecule has 4 heteroatoms. The van der Waals surface area contributed by atoms with Crippen molar-refractivity contribution >= 4 is 27.3 Å². The van der Waals surface area contributed by atoms with Crippen molar-refractivity contribution in [3.8, 4) is 0 Å². The summed E-state index contributed by atoms with van der Waals surface area (Å²) < 4.78 is 1.24. The molecule has 0 aliphatic carbocycles. The summed E-state index contributed by atoms with van der Waals surface area (Å²) in [5.41, 5.74) is 0. The largest absolute Gasteiger partial charge is 0.310 e. The Balaban J connectivity index is 1.73. The Hall–Kier alpha value is 0.100. The molecule has 1 unspecified atom stereocenters.